The van der Waals surface area contributed by atoms with E-state index in [0.29, 0.717) is 6.04 Å². The van der Waals surface area contributed by atoms with Gasteiger partial charge in [0, 0.05) is 6.04 Å². The zero-order chi connectivity index (χ0) is 13.2. The van der Waals surface area contributed by atoms with E-state index >= 15 is 0 Å². The van der Waals surface area contributed by atoms with Crippen molar-refractivity contribution >= 4 is 0 Å². The molecule has 0 saturated carbocycles. The summed E-state index contributed by atoms with van der Waals surface area (Å²) in [7, 11) is 0. The van der Waals surface area contributed by atoms with E-state index in [9.17, 15) is 0 Å². The predicted octanol–water partition coefficient (Wildman–Crippen LogP) is 3.59. The van der Waals surface area contributed by atoms with E-state index in [1.54, 1.807) is 0 Å². The minimum absolute atomic E-state index is 0.411. The number of hydrogen-bond donors (Lipinski definition) is 2. The molecule has 0 heterocycles. The van der Waals surface area contributed by atoms with Crippen LogP contribution in [0.5, 0.6) is 0 Å². The van der Waals surface area contributed by atoms with Gasteiger partial charge in [0.15, 0.2) is 0 Å². The summed E-state index contributed by atoms with van der Waals surface area (Å²) < 4.78 is 0. The van der Waals surface area contributed by atoms with Crippen LogP contribution in [-0.4, -0.2) is 6.04 Å². The molecule has 1 aromatic carbocycles. The minimum Gasteiger partial charge on any atom is -0.271 e. The number of hydrogen-bond acceptors (Lipinski definition) is 2. The van der Waals surface area contributed by atoms with Crippen LogP contribution < -0.4 is 11.3 Å². The van der Waals surface area contributed by atoms with E-state index in [0.717, 1.165) is 12.8 Å². The summed E-state index contributed by atoms with van der Waals surface area (Å²) in [5.74, 6) is 5.64. The van der Waals surface area contributed by atoms with Crippen LogP contribution in [0.3, 0.4) is 0 Å². The monoisotopic (exact) mass is 248 g/mol. The third kappa shape index (κ3) is 5.65. The van der Waals surface area contributed by atoms with E-state index < -0.39 is 0 Å². The Balaban J connectivity index is 2.36. The standard InChI is InChI=1S/C16H28N2/c1-3-5-6-7-8-16(18-17)13-15-11-9-14(4-2)10-12-15/h9-12,16,18H,3-8,13,17H2,1-2H3. The van der Waals surface area contributed by atoms with E-state index in [2.05, 4.69) is 43.5 Å². The molecule has 0 bridgehead atoms. The summed E-state index contributed by atoms with van der Waals surface area (Å²) in [6.07, 6.45) is 8.54. The number of benzene rings is 1. The first-order chi connectivity index (χ1) is 8.80. The molecule has 0 aromatic heterocycles. The number of aryl methyl sites for hydroxylation is 1. The molecule has 0 aliphatic heterocycles. The number of unbranched alkanes of at least 4 members (excludes halogenated alkanes) is 3. The number of rotatable bonds is 9. The average molecular weight is 248 g/mol. The summed E-state index contributed by atoms with van der Waals surface area (Å²) in [5.41, 5.74) is 5.74. The molecule has 2 nitrogen and oxygen atoms in total. The Labute approximate surface area is 112 Å². The van der Waals surface area contributed by atoms with Gasteiger partial charge in [-0.15, -0.1) is 0 Å². The number of hydrazine groups is 1. The van der Waals surface area contributed by atoms with Gasteiger partial charge in [-0.3, -0.25) is 11.3 Å². The minimum atomic E-state index is 0.411. The lowest BCUT2D eigenvalue weighted by atomic mass is 9.99. The van der Waals surface area contributed by atoms with Crippen molar-refractivity contribution in [2.75, 3.05) is 0 Å². The highest BCUT2D eigenvalue weighted by atomic mass is 15.2. The number of nitrogens with one attached hydrogen (secondary N) is 1. The highest BCUT2D eigenvalue weighted by molar-refractivity contribution is 5.23. The van der Waals surface area contributed by atoms with Gasteiger partial charge in [-0.25, -0.2) is 0 Å². The van der Waals surface area contributed by atoms with Crippen LogP contribution in [0.1, 0.15) is 57.1 Å². The highest BCUT2D eigenvalue weighted by Crippen LogP contribution is 2.11. The first-order valence-corrected chi connectivity index (χ1v) is 7.34. The molecule has 1 aromatic rings. The van der Waals surface area contributed by atoms with Gasteiger partial charge in [0.25, 0.3) is 0 Å². The van der Waals surface area contributed by atoms with Crippen molar-refractivity contribution in [3.63, 3.8) is 0 Å². The Morgan fingerprint density at radius 3 is 2.22 bits per heavy atom. The first kappa shape index (κ1) is 15.2. The fourth-order valence-electron chi connectivity index (χ4n) is 2.26. The van der Waals surface area contributed by atoms with Crippen LogP contribution in [0.4, 0.5) is 0 Å². The van der Waals surface area contributed by atoms with Crippen molar-refractivity contribution in [3.05, 3.63) is 35.4 Å². The Morgan fingerprint density at radius 1 is 1.00 bits per heavy atom. The second-order valence-corrected chi connectivity index (χ2v) is 5.09. The van der Waals surface area contributed by atoms with Gasteiger partial charge in [-0.2, -0.15) is 0 Å². The third-order valence-corrected chi connectivity index (χ3v) is 3.56. The molecule has 0 spiro atoms. The SMILES string of the molecule is CCCCCCC(Cc1ccc(CC)cc1)NN. The summed E-state index contributed by atoms with van der Waals surface area (Å²) >= 11 is 0. The Hall–Kier alpha value is -0.860. The fourth-order valence-corrected chi connectivity index (χ4v) is 2.26. The molecule has 18 heavy (non-hydrogen) atoms. The normalized spacial score (nSPS) is 12.6. The summed E-state index contributed by atoms with van der Waals surface area (Å²) in [5, 5.41) is 0. The Morgan fingerprint density at radius 2 is 1.67 bits per heavy atom. The molecule has 1 unspecified atom stereocenters. The molecular formula is C16H28N2. The molecule has 0 fully saturated rings. The maximum Gasteiger partial charge on any atom is 0.0250 e. The highest BCUT2D eigenvalue weighted by Gasteiger charge is 2.07. The molecule has 1 rings (SSSR count). The average Bonchev–Trinajstić information content (AvgIpc) is 2.43. The van der Waals surface area contributed by atoms with E-state index in [-0.39, 0.29) is 0 Å². The van der Waals surface area contributed by atoms with Crippen LogP contribution >= 0.6 is 0 Å². The molecule has 0 aliphatic rings. The second kappa shape index (κ2) is 9.12. The summed E-state index contributed by atoms with van der Waals surface area (Å²) in [6, 6.07) is 9.32. The lowest BCUT2D eigenvalue weighted by Crippen LogP contribution is -2.36. The lowest BCUT2D eigenvalue weighted by Gasteiger charge is -2.16. The summed E-state index contributed by atoms with van der Waals surface area (Å²) in [4.78, 5) is 0. The molecule has 1 atom stereocenters. The van der Waals surface area contributed by atoms with E-state index in [1.165, 1.54) is 43.2 Å². The van der Waals surface area contributed by atoms with Crippen LogP contribution in [0.2, 0.25) is 0 Å². The van der Waals surface area contributed by atoms with Crippen LogP contribution in [-0.2, 0) is 12.8 Å². The largest absolute Gasteiger partial charge is 0.271 e. The van der Waals surface area contributed by atoms with Gasteiger partial charge in [-0.1, -0.05) is 63.8 Å². The van der Waals surface area contributed by atoms with Crippen LogP contribution in [0.25, 0.3) is 0 Å². The topological polar surface area (TPSA) is 38.0 Å². The van der Waals surface area contributed by atoms with Crippen molar-refractivity contribution in [1.82, 2.24) is 5.43 Å². The first-order valence-electron chi connectivity index (χ1n) is 7.34. The lowest BCUT2D eigenvalue weighted by molar-refractivity contribution is 0.463. The van der Waals surface area contributed by atoms with Gasteiger partial charge in [0.1, 0.15) is 0 Å². The smallest absolute Gasteiger partial charge is 0.0250 e. The zero-order valence-electron chi connectivity index (χ0n) is 11.9. The summed E-state index contributed by atoms with van der Waals surface area (Å²) in [6.45, 7) is 4.43. The van der Waals surface area contributed by atoms with E-state index in [4.69, 9.17) is 5.84 Å². The molecule has 3 N–H and O–H groups in total. The van der Waals surface area contributed by atoms with Gasteiger partial charge < -0.3 is 0 Å². The van der Waals surface area contributed by atoms with Crippen molar-refractivity contribution in [3.8, 4) is 0 Å². The molecule has 2 heteroatoms. The second-order valence-electron chi connectivity index (χ2n) is 5.09. The molecular weight excluding hydrogens is 220 g/mol. The van der Waals surface area contributed by atoms with Crippen molar-refractivity contribution < 1.29 is 0 Å². The molecule has 0 saturated heterocycles. The van der Waals surface area contributed by atoms with Crippen molar-refractivity contribution in [2.45, 2.75) is 64.8 Å². The third-order valence-electron chi connectivity index (χ3n) is 3.56. The van der Waals surface area contributed by atoms with E-state index in [1.807, 2.05) is 0 Å². The molecule has 0 amide bonds. The molecule has 102 valence electrons. The fraction of sp³-hybridized carbons (Fsp3) is 0.625. The number of nitrogens with two attached hydrogens (primary N) is 1. The van der Waals surface area contributed by atoms with Crippen LogP contribution in [0, 0.1) is 0 Å². The maximum atomic E-state index is 5.64. The molecule has 0 radical (unpaired) electrons. The molecule has 0 aliphatic carbocycles. The van der Waals surface area contributed by atoms with Crippen molar-refractivity contribution in [2.24, 2.45) is 5.84 Å². The van der Waals surface area contributed by atoms with Gasteiger partial charge in [0.05, 0.1) is 0 Å². The zero-order valence-corrected chi connectivity index (χ0v) is 11.9. The quantitative estimate of drug-likeness (QED) is 0.398. The van der Waals surface area contributed by atoms with Crippen molar-refractivity contribution in [1.29, 1.82) is 0 Å². The predicted molar refractivity (Wildman–Crippen MR) is 79.4 cm³/mol. The Bertz CT molecular complexity index is 305. The van der Waals surface area contributed by atoms with Crippen LogP contribution in [0.15, 0.2) is 24.3 Å². The van der Waals surface area contributed by atoms with Gasteiger partial charge in [-0.05, 0) is 30.4 Å². The van der Waals surface area contributed by atoms with Gasteiger partial charge >= 0.3 is 0 Å². The van der Waals surface area contributed by atoms with Gasteiger partial charge in [0.2, 0.25) is 0 Å². The Kier molecular flexibility index (Phi) is 7.70. The maximum absolute atomic E-state index is 5.64.